The summed E-state index contributed by atoms with van der Waals surface area (Å²) in [7, 11) is 1.90. The third-order valence-corrected chi connectivity index (χ3v) is 2.95. The van der Waals surface area contributed by atoms with Gasteiger partial charge in [0.2, 0.25) is 5.88 Å². The summed E-state index contributed by atoms with van der Waals surface area (Å²) in [4.78, 5) is 0. The van der Waals surface area contributed by atoms with Gasteiger partial charge in [-0.3, -0.25) is 0 Å². The van der Waals surface area contributed by atoms with Gasteiger partial charge in [0.25, 0.3) is 0 Å². The molecule has 1 aliphatic carbocycles. The van der Waals surface area contributed by atoms with E-state index in [-0.39, 0.29) is 0 Å². The lowest BCUT2D eigenvalue weighted by Gasteiger charge is -2.07. The van der Waals surface area contributed by atoms with Crippen LogP contribution in [0.4, 0.5) is 0 Å². The van der Waals surface area contributed by atoms with E-state index in [1.165, 1.54) is 12.8 Å². The fraction of sp³-hybridized carbons (Fsp3) is 0.727. The number of nitrogens with two attached hydrogens (primary N) is 1. The smallest absolute Gasteiger partial charge is 0.216 e. The average Bonchev–Trinajstić information content (AvgIpc) is 2.95. The molecule has 1 aliphatic rings. The molecule has 84 valence electrons. The van der Waals surface area contributed by atoms with Gasteiger partial charge in [-0.15, -0.1) is 0 Å². The second-order valence-electron chi connectivity index (χ2n) is 4.28. The van der Waals surface area contributed by atoms with Crippen LogP contribution in [0.1, 0.15) is 30.5 Å². The molecule has 0 atom stereocenters. The first-order valence-electron chi connectivity index (χ1n) is 5.57. The Morgan fingerprint density at radius 1 is 1.53 bits per heavy atom. The predicted molar refractivity (Wildman–Crippen MR) is 58.7 cm³/mol. The molecule has 0 saturated heterocycles. The molecule has 1 heterocycles. The van der Waals surface area contributed by atoms with E-state index in [9.17, 15) is 0 Å². The van der Waals surface area contributed by atoms with Gasteiger partial charge in [-0.05, 0) is 19.3 Å². The minimum absolute atomic E-state index is 0.498. The van der Waals surface area contributed by atoms with E-state index in [1.807, 2.05) is 14.0 Å². The van der Waals surface area contributed by atoms with Crippen molar-refractivity contribution in [2.45, 2.75) is 32.7 Å². The first-order chi connectivity index (χ1) is 7.22. The van der Waals surface area contributed by atoms with Crippen LogP contribution >= 0.6 is 0 Å². The van der Waals surface area contributed by atoms with E-state index >= 15 is 0 Å². The normalized spacial score (nSPS) is 15.7. The number of nitrogens with zero attached hydrogens (tertiary/aromatic N) is 2. The van der Waals surface area contributed by atoms with Crippen molar-refractivity contribution < 1.29 is 4.74 Å². The zero-order valence-electron chi connectivity index (χ0n) is 9.49. The Morgan fingerprint density at radius 2 is 2.27 bits per heavy atom. The van der Waals surface area contributed by atoms with Crippen molar-refractivity contribution in [3.8, 4) is 5.88 Å². The van der Waals surface area contributed by atoms with Crippen LogP contribution < -0.4 is 10.5 Å². The quantitative estimate of drug-likeness (QED) is 0.796. The van der Waals surface area contributed by atoms with E-state index < -0.39 is 0 Å². The average molecular weight is 209 g/mol. The van der Waals surface area contributed by atoms with Crippen LogP contribution in [0.2, 0.25) is 0 Å². The molecule has 2 rings (SSSR count). The van der Waals surface area contributed by atoms with E-state index in [4.69, 9.17) is 10.5 Å². The third-order valence-electron chi connectivity index (χ3n) is 2.95. The van der Waals surface area contributed by atoms with Crippen molar-refractivity contribution in [1.82, 2.24) is 9.78 Å². The summed E-state index contributed by atoms with van der Waals surface area (Å²) in [5, 5.41) is 4.31. The van der Waals surface area contributed by atoms with Gasteiger partial charge in [0.15, 0.2) is 0 Å². The van der Waals surface area contributed by atoms with Crippen molar-refractivity contribution in [1.29, 1.82) is 0 Å². The topological polar surface area (TPSA) is 53.1 Å². The molecule has 0 unspecified atom stereocenters. The monoisotopic (exact) mass is 209 g/mol. The zero-order valence-corrected chi connectivity index (χ0v) is 9.49. The van der Waals surface area contributed by atoms with Crippen molar-refractivity contribution >= 4 is 0 Å². The molecule has 1 aromatic heterocycles. The Balaban J connectivity index is 1.98. The number of ether oxygens (including phenoxy) is 1. The Kier molecular flexibility index (Phi) is 2.95. The van der Waals surface area contributed by atoms with Gasteiger partial charge in [-0.1, -0.05) is 12.8 Å². The molecule has 4 heteroatoms. The van der Waals surface area contributed by atoms with Crippen molar-refractivity contribution in [2.75, 3.05) is 6.61 Å². The van der Waals surface area contributed by atoms with Crippen LogP contribution in [0.25, 0.3) is 0 Å². The highest BCUT2D eigenvalue weighted by atomic mass is 16.5. The lowest BCUT2D eigenvalue weighted by molar-refractivity contribution is 0.275. The molecule has 0 aliphatic heterocycles. The third kappa shape index (κ3) is 2.31. The lowest BCUT2D eigenvalue weighted by Crippen LogP contribution is -2.06. The summed E-state index contributed by atoms with van der Waals surface area (Å²) in [5.41, 5.74) is 7.68. The van der Waals surface area contributed by atoms with Gasteiger partial charge in [0, 0.05) is 13.6 Å². The first-order valence-corrected chi connectivity index (χ1v) is 5.57. The lowest BCUT2D eigenvalue weighted by atomic mass is 10.2. The zero-order chi connectivity index (χ0) is 10.8. The minimum Gasteiger partial charge on any atom is -0.478 e. The summed E-state index contributed by atoms with van der Waals surface area (Å²) in [6, 6.07) is 0. The summed E-state index contributed by atoms with van der Waals surface area (Å²) in [5.74, 6) is 1.75. The van der Waals surface area contributed by atoms with Crippen LogP contribution in [0.5, 0.6) is 5.88 Å². The highest BCUT2D eigenvalue weighted by molar-refractivity contribution is 5.30. The molecule has 0 spiro atoms. The molecule has 1 aromatic rings. The van der Waals surface area contributed by atoms with Gasteiger partial charge in [0.1, 0.15) is 0 Å². The standard InChI is InChI=1S/C11H19N3O/c1-8-10(7-12)11(14(2)13-8)15-6-5-9-3-4-9/h9H,3-7,12H2,1-2H3. The van der Waals surface area contributed by atoms with E-state index in [0.29, 0.717) is 6.54 Å². The molecular formula is C11H19N3O. The van der Waals surface area contributed by atoms with Gasteiger partial charge < -0.3 is 10.5 Å². The summed E-state index contributed by atoms with van der Waals surface area (Å²) < 4.78 is 7.53. The second-order valence-corrected chi connectivity index (χ2v) is 4.28. The number of hydrogen-bond donors (Lipinski definition) is 1. The fourth-order valence-electron chi connectivity index (χ4n) is 1.83. The molecule has 0 amide bonds. The number of aromatic nitrogens is 2. The van der Waals surface area contributed by atoms with E-state index in [0.717, 1.165) is 36.1 Å². The van der Waals surface area contributed by atoms with Crippen molar-refractivity contribution in [3.05, 3.63) is 11.3 Å². The van der Waals surface area contributed by atoms with Crippen LogP contribution in [0.15, 0.2) is 0 Å². The Labute approximate surface area is 90.4 Å². The van der Waals surface area contributed by atoms with Gasteiger partial charge >= 0.3 is 0 Å². The molecule has 1 fully saturated rings. The maximum Gasteiger partial charge on any atom is 0.216 e. The van der Waals surface area contributed by atoms with Crippen LogP contribution in [-0.4, -0.2) is 16.4 Å². The van der Waals surface area contributed by atoms with Gasteiger partial charge in [-0.25, -0.2) is 4.68 Å². The van der Waals surface area contributed by atoms with E-state index in [1.54, 1.807) is 4.68 Å². The largest absolute Gasteiger partial charge is 0.478 e. The first kappa shape index (κ1) is 10.5. The molecular weight excluding hydrogens is 190 g/mol. The summed E-state index contributed by atoms with van der Waals surface area (Å²) >= 11 is 0. The molecule has 0 bridgehead atoms. The molecule has 1 saturated carbocycles. The molecule has 0 radical (unpaired) electrons. The van der Waals surface area contributed by atoms with E-state index in [2.05, 4.69) is 5.10 Å². The molecule has 0 aromatic carbocycles. The Morgan fingerprint density at radius 3 is 2.87 bits per heavy atom. The number of hydrogen-bond acceptors (Lipinski definition) is 3. The van der Waals surface area contributed by atoms with Crippen LogP contribution in [-0.2, 0) is 13.6 Å². The maximum atomic E-state index is 5.75. The Hall–Kier alpha value is -1.03. The number of rotatable bonds is 5. The van der Waals surface area contributed by atoms with Gasteiger partial charge in [-0.2, -0.15) is 5.10 Å². The predicted octanol–water partition coefficient (Wildman–Crippen LogP) is 1.37. The summed E-state index contributed by atoms with van der Waals surface area (Å²) in [6.45, 7) is 3.25. The fourth-order valence-corrected chi connectivity index (χ4v) is 1.83. The molecule has 2 N–H and O–H groups in total. The van der Waals surface area contributed by atoms with Crippen molar-refractivity contribution in [2.24, 2.45) is 18.7 Å². The minimum atomic E-state index is 0.498. The highest BCUT2D eigenvalue weighted by Gasteiger charge is 2.21. The maximum absolute atomic E-state index is 5.75. The van der Waals surface area contributed by atoms with Gasteiger partial charge in [0.05, 0.1) is 17.9 Å². The second kappa shape index (κ2) is 4.23. The summed E-state index contributed by atoms with van der Waals surface area (Å²) in [6.07, 6.45) is 3.91. The highest BCUT2D eigenvalue weighted by Crippen LogP contribution is 2.32. The molecule has 4 nitrogen and oxygen atoms in total. The SMILES string of the molecule is Cc1nn(C)c(OCCC2CC2)c1CN. The number of aryl methyl sites for hydroxylation is 2. The molecule has 15 heavy (non-hydrogen) atoms. The Bertz CT molecular complexity index is 342. The van der Waals surface area contributed by atoms with Crippen LogP contribution in [0.3, 0.4) is 0 Å². The van der Waals surface area contributed by atoms with Crippen LogP contribution in [0, 0.1) is 12.8 Å². The van der Waals surface area contributed by atoms with Crippen molar-refractivity contribution in [3.63, 3.8) is 0 Å².